The third kappa shape index (κ3) is 18.9. The molecule has 0 atom stereocenters. The van der Waals surface area contributed by atoms with E-state index in [-0.39, 0.29) is 98.1 Å². The van der Waals surface area contributed by atoms with Crippen molar-refractivity contribution in [1.82, 2.24) is 0 Å². The summed E-state index contributed by atoms with van der Waals surface area (Å²) in [6.07, 6.45) is 0. The van der Waals surface area contributed by atoms with Crippen molar-refractivity contribution in [1.29, 1.82) is 0 Å². The fourth-order valence-corrected chi connectivity index (χ4v) is 0. The monoisotopic (exact) mass is 300 g/mol. The van der Waals surface area contributed by atoms with Gasteiger partial charge in [0.05, 0.1) is 0 Å². The second-order valence-corrected chi connectivity index (χ2v) is 0. The smallest absolute Gasteiger partial charge is 0 e. The second-order valence-electron chi connectivity index (χ2n) is 0. The summed E-state index contributed by atoms with van der Waals surface area (Å²) in [5, 5.41) is 0. The van der Waals surface area contributed by atoms with E-state index in [0.717, 1.165) is 0 Å². The Labute approximate surface area is 107 Å². The molecule has 0 fully saturated rings. The molecule has 0 aromatic carbocycles. The van der Waals surface area contributed by atoms with Gasteiger partial charge < -0.3 is 4.39 Å². The third-order valence-electron chi connectivity index (χ3n) is 0. The van der Waals surface area contributed by atoms with E-state index in [1.807, 2.05) is 0 Å². The van der Waals surface area contributed by atoms with Crippen molar-refractivity contribution in [2.45, 2.75) is 0 Å². The van der Waals surface area contributed by atoms with Gasteiger partial charge in [-0.2, -0.15) is 7.18 Å². The van der Waals surface area contributed by atoms with Crippen LogP contribution in [0.5, 0.6) is 0 Å². The average Bonchev–Trinajstić information content (AvgIpc) is 1.00. The Morgan fingerprint density at radius 3 is 0.800 bits per heavy atom. The standard InChI is InChI=1S/CH2F.3Y/c1-2;;;/h1H2;;;/q-1;;;. The minimum atomic E-state index is 0. The van der Waals surface area contributed by atoms with Gasteiger partial charge in [-0.05, 0) is 0 Å². The van der Waals surface area contributed by atoms with Gasteiger partial charge in [0, 0.05) is 98.1 Å². The number of halogens is 1. The van der Waals surface area contributed by atoms with Crippen molar-refractivity contribution in [3.8, 4) is 0 Å². The van der Waals surface area contributed by atoms with Gasteiger partial charge in [0.1, 0.15) is 0 Å². The molecule has 0 heterocycles. The minimum absolute atomic E-state index is 0. The van der Waals surface area contributed by atoms with Crippen LogP contribution in [0.4, 0.5) is 4.39 Å². The van der Waals surface area contributed by atoms with Crippen molar-refractivity contribution in [2.24, 2.45) is 0 Å². The van der Waals surface area contributed by atoms with Crippen LogP contribution in [0.25, 0.3) is 0 Å². The zero-order valence-corrected chi connectivity index (χ0v) is 11.3. The molecule has 0 rings (SSSR count). The van der Waals surface area contributed by atoms with Crippen LogP contribution in [0, 0.1) is 7.18 Å². The van der Waals surface area contributed by atoms with E-state index in [1.54, 1.807) is 7.18 Å². The molecule has 0 saturated carbocycles. The van der Waals surface area contributed by atoms with Gasteiger partial charge in [-0.1, -0.05) is 0 Å². The molecule has 0 N–H and O–H groups in total. The first-order valence-electron chi connectivity index (χ1n) is 0.267. The van der Waals surface area contributed by atoms with Crippen molar-refractivity contribution in [2.75, 3.05) is 0 Å². The molecule has 0 spiro atoms. The Hall–Kier alpha value is 3.24. The predicted octanol–water partition coefficient (Wildman–Crippen LogP) is 0.740. The third-order valence-corrected chi connectivity index (χ3v) is 0. The molecular formula is CH2FY3-. The normalized spacial score (nSPS) is 1.20. The van der Waals surface area contributed by atoms with E-state index in [2.05, 4.69) is 0 Å². The van der Waals surface area contributed by atoms with E-state index < -0.39 is 0 Å². The van der Waals surface area contributed by atoms with E-state index in [0.29, 0.717) is 0 Å². The molecule has 0 aromatic heterocycles. The van der Waals surface area contributed by atoms with E-state index in [4.69, 9.17) is 0 Å². The second kappa shape index (κ2) is 26.8. The van der Waals surface area contributed by atoms with Crippen molar-refractivity contribution in [3.63, 3.8) is 0 Å². The number of hydrogen-bond donors (Lipinski definition) is 0. The van der Waals surface area contributed by atoms with Gasteiger partial charge >= 0.3 is 0 Å². The molecule has 4 heteroatoms. The van der Waals surface area contributed by atoms with Crippen molar-refractivity contribution in [3.05, 3.63) is 7.18 Å². The number of hydrogen-bond acceptors (Lipinski definition) is 0. The Bertz CT molecular complexity index is 6.85. The molecule has 0 bridgehead atoms. The van der Waals surface area contributed by atoms with Crippen LogP contribution < -0.4 is 0 Å². The largest absolute Gasteiger partial charge is 0.463 e. The van der Waals surface area contributed by atoms with Gasteiger partial charge in [0.2, 0.25) is 0 Å². The maximum absolute atomic E-state index is 9.25. The van der Waals surface area contributed by atoms with Gasteiger partial charge in [-0.15, -0.1) is 0 Å². The Morgan fingerprint density at radius 1 is 0.800 bits per heavy atom. The topological polar surface area (TPSA) is 0 Å². The van der Waals surface area contributed by atoms with Crippen LogP contribution >= 0.6 is 0 Å². The van der Waals surface area contributed by atoms with Crippen LogP contribution in [0.2, 0.25) is 0 Å². The molecule has 0 nitrogen and oxygen atoms in total. The Kier molecular flexibility index (Phi) is 129. The molecule has 0 saturated heterocycles. The maximum Gasteiger partial charge on any atom is 0 e. The first-order valence-corrected chi connectivity index (χ1v) is 0.267. The van der Waals surface area contributed by atoms with Crippen LogP contribution in [0.15, 0.2) is 0 Å². The van der Waals surface area contributed by atoms with E-state index in [1.165, 1.54) is 0 Å². The molecule has 3 radical (unpaired) electrons. The molecule has 0 aliphatic rings. The molecule has 23 valence electrons. The van der Waals surface area contributed by atoms with Crippen LogP contribution in [0.1, 0.15) is 0 Å². The minimum Gasteiger partial charge on any atom is -0.463 e. The Morgan fingerprint density at radius 2 is 0.800 bits per heavy atom. The summed E-state index contributed by atoms with van der Waals surface area (Å²) in [4.78, 5) is 0. The summed E-state index contributed by atoms with van der Waals surface area (Å²) in [5.74, 6) is 0. The molecule has 5 heavy (non-hydrogen) atoms. The molecule has 0 aliphatic carbocycles. The molecule has 0 unspecified atom stereocenters. The molecular weight excluding hydrogens is 298 g/mol. The summed E-state index contributed by atoms with van der Waals surface area (Å²) in [6.45, 7) is 0. The molecule has 0 aromatic rings. The summed E-state index contributed by atoms with van der Waals surface area (Å²) in [5.41, 5.74) is 0. The quantitative estimate of drug-likeness (QED) is 0.579. The zero-order chi connectivity index (χ0) is 2.00. The molecule has 0 amide bonds. The maximum atomic E-state index is 9.25. The fourth-order valence-electron chi connectivity index (χ4n) is 0. The number of rotatable bonds is 0. The first kappa shape index (κ1) is 24.0. The van der Waals surface area contributed by atoms with Gasteiger partial charge in [0.25, 0.3) is 0 Å². The van der Waals surface area contributed by atoms with Gasteiger partial charge in [-0.3, -0.25) is 0 Å². The Balaban J connectivity index is -0.00000000167. The van der Waals surface area contributed by atoms with Crippen LogP contribution in [-0.4, -0.2) is 0 Å². The van der Waals surface area contributed by atoms with Crippen molar-refractivity contribution >= 4 is 0 Å². The first-order chi connectivity index (χ1) is 1.00. The van der Waals surface area contributed by atoms with Gasteiger partial charge in [0.15, 0.2) is 0 Å². The van der Waals surface area contributed by atoms with Gasteiger partial charge in [-0.25, -0.2) is 0 Å². The summed E-state index contributed by atoms with van der Waals surface area (Å²) in [7, 11) is 1.75. The van der Waals surface area contributed by atoms with E-state index in [9.17, 15) is 4.39 Å². The summed E-state index contributed by atoms with van der Waals surface area (Å²) < 4.78 is 9.25. The zero-order valence-electron chi connectivity index (χ0n) is 2.82. The van der Waals surface area contributed by atoms with Crippen LogP contribution in [0.3, 0.4) is 0 Å². The van der Waals surface area contributed by atoms with Crippen molar-refractivity contribution < 1.29 is 103 Å². The van der Waals surface area contributed by atoms with Crippen LogP contribution in [-0.2, 0) is 98.1 Å². The summed E-state index contributed by atoms with van der Waals surface area (Å²) in [6, 6.07) is 0. The van der Waals surface area contributed by atoms with E-state index >= 15 is 0 Å². The summed E-state index contributed by atoms with van der Waals surface area (Å²) >= 11 is 0. The predicted molar refractivity (Wildman–Crippen MR) is 6.46 cm³/mol. The molecule has 0 aliphatic heterocycles. The fraction of sp³-hybridized carbons (Fsp3) is 0. The SMILES string of the molecule is [CH2-]F.[Y].[Y].[Y]. The average molecular weight is 300 g/mol.